The van der Waals surface area contributed by atoms with Crippen molar-refractivity contribution in [3.8, 4) is 0 Å². The van der Waals surface area contributed by atoms with Crippen molar-refractivity contribution in [2.75, 3.05) is 0 Å². The van der Waals surface area contributed by atoms with Gasteiger partial charge in [0, 0.05) is 18.8 Å². The maximum atomic E-state index is 13.2. The van der Waals surface area contributed by atoms with E-state index in [1.807, 2.05) is 0 Å². The largest absolute Gasteiger partial charge is 0.360 e. The molecule has 0 fully saturated rings. The SMILES string of the molecule is O=C(NCc1ccno1)c1ccc(CNS(=O)(=O)c2ccc(F)c(Cl)c2)cn1. The minimum Gasteiger partial charge on any atom is -0.360 e. The van der Waals surface area contributed by atoms with Gasteiger partial charge < -0.3 is 9.84 Å². The van der Waals surface area contributed by atoms with Gasteiger partial charge in [-0.1, -0.05) is 22.8 Å². The van der Waals surface area contributed by atoms with Crippen LogP contribution >= 0.6 is 11.6 Å². The Morgan fingerprint density at radius 1 is 1.18 bits per heavy atom. The number of benzene rings is 1. The Morgan fingerprint density at radius 2 is 2.00 bits per heavy atom. The highest BCUT2D eigenvalue weighted by Gasteiger charge is 2.16. The van der Waals surface area contributed by atoms with Gasteiger partial charge in [-0.15, -0.1) is 0 Å². The molecule has 1 amide bonds. The Balaban J connectivity index is 1.59. The molecule has 0 saturated carbocycles. The molecule has 0 aliphatic carbocycles. The van der Waals surface area contributed by atoms with Crippen LogP contribution in [0.1, 0.15) is 21.8 Å². The highest BCUT2D eigenvalue weighted by atomic mass is 35.5. The molecule has 2 N–H and O–H groups in total. The molecule has 146 valence electrons. The third kappa shape index (κ3) is 4.91. The average molecular weight is 425 g/mol. The number of aromatic nitrogens is 2. The Labute approximate surface area is 164 Å². The number of nitrogens with one attached hydrogen (secondary N) is 2. The lowest BCUT2D eigenvalue weighted by Gasteiger charge is -2.08. The summed E-state index contributed by atoms with van der Waals surface area (Å²) >= 11 is 5.62. The minimum absolute atomic E-state index is 0.0652. The first kappa shape index (κ1) is 19.9. The van der Waals surface area contributed by atoms with Crippen LogP contribution in [0.25, 0.3) is 0 Å². The molecule has 11 heteroatoms. The smallest absolute Gasteiger partial charge is 0.270 e. The number of sulfonamides is 1. The fourth-order valence-electron chi connectivity index (χ4n) is 2.16. The number of carbonyl (C=O) groups is 1. The Bertz CT molecular complexity index is 1070. The van der Waals surface area contributed by atoms with Crippen molar-refractivity contribution in [2.45, 2.75) is 18.0 Å². The number of carbonyl (C=O) groups excluding carboxylic acids is 1. The van der Waals surface area contributed by atoms with Gasteiger partial charge in [0.25, 0.3) is 5.91 Å². The normalized spacial score (nSPS) is 11.4. The van der Waals surface area contributed by atoms with E-state index in [-0.39, 0.29) is 28.7 Å². The van der Waals surface area contributed by atoms with Gasteiger partial charge >= 0.3 is 0 Å². The van der Waals surface area contributed by atoms with Crippen LogP contribution in [0.5, 0.6) is 0 Å². The Hall–Kier alpha value is -2.82. The maximum absolute atomic E-state index is 13.2. The van der Waals surface area contributed by atoms with Gasteiger partial charge in [-0.2, -0.15) is 0 Å². The number of rotatable bonds is 7. The summed E-state index contributed by atoms with van der Waals surface area (Å²) in [5.41, 5.74) is 0.694. The second-order valence-electron chi connectivity index (χ2n) is 5.61. The number of nitrogens with zero attached hydrogens (tertiary/aromatic N) is 2. The number of hydrogen-bond donors (Lipinski definition) is 2. The molecule has 0 unspecified atom stereocenters. The first-order valence-corrected chi connectivity index (χ1v) is 9.79. The molecule has 0 radical (unpaired) electrons. The monoisotopic (exact) mass is 424 g/mol. The lowest BCUT2D eigenvalue weighted by molar-refractivity contribution is 0.0942. The fraction of sp³-hybridized carbons (Fsp3) is 0.118. The van der Waals surface area contributed by atoms with Crippen LogP contribution in [-0.4, -0.2) is 24.5 Å². The van der Waals surface area contributed by atoms with E-state index >= 15 is 0 Å². The van der Waals surface area contributed by atoms with Crippen LogP contribution in [0, 0.1) is 5.82 Å². The first-order valence-electron chi connectivity index (χ1n) is 7.92. The quantitative estimate of drug-likeness (QED) is 0.601. The topological polar surface area (TPSA) is 114 Å². The molecule has 0 atom stereocenters. The Morgan fingerprint density at radius 3 is 2.64 bits per heavy atom. The van der Waals surface area contributed by atoms with Gasteiger partial charge in [0.1, 0.15) is 11.5 Å². The van der Waals surface area contributed by atoms with Gasteiger partial charge in [0.2, 0.25) is 10.0 Å². The first-order chi connectivity index (χ1) is 13.3. The zero-order valence-electron chi connectivity index (χ0n) is 14.2. The molecule has 3 rings (SSSR count). The molecule has 0 saturated heterocycles. The second kappa shape index (κ2) is 8.46. The number of amides is 1. The van der Waals surface area contributed by atoms with Crippen molar-refractivity contribution >= 4 is 27.5 Å². The molecule has 1 aromatic carbocycles. The maximum Gasteiger partial charge on any atom is 0.270 e. The average Bonchev–Trinajstić information content (AvgIpc) is 3.20. The van der Waals surface area contributed by atoms with Crippen LogP contribution in [0.3, 0.4) is 0 Å². The Kier molecular flexibility index (Phi) is 6.02. The van der Waals surface area contributed by atoms with E-state index in [9.17, 15) is 17.6 Å². The van der Waals surface area contributed by atoms with E-state index < -0.39 is 21.7 Å². The highest BCUT2D eigenvalue weighted by Crippen LogP contribution is 2.19. The van der Waals surface area contributed by atoms with Crippen molar-refractivity contribution in [3.63, 3.8) is 0 Å². The third-order valence-corrected chi connectivity index (χ3v) is 5.33. The lowest BCUT2D eigenvalue weighted by Crippen LogP contribution is -2.25. The minimum atomic E-state index is -3.88. The van der Waals surface area contributed by atoms with Gasteiger partial charge in [-0.25, -0.2) is 17.5 Å². The molecule has 8 nitrogen and oxygen atoms in total. The zero-order chi connectivity index (χ0) is 20.1. The molecule has 0 aliphatic heterocycles. The van der Waals surface area contributed by atoms with E-state index in [0.29, 0.717) is 11.3 Å². The molecular weight excluding hydrogens is 411 g/mol. The summed E-state index contributed by atoms with van der Waals surface area (Å²) in [7, 11) is -3.88. The second-order valence-corrected chi connectivity index (χ2v) is 7.79. The highest BCUT2D eigenvalue weighted by molar-refractivity contribution is 7.89. The number of halogens is 2. The van der Waals surface area contributed by atoms with Crippen LogP contribution in [0.4, 0.5) is 4.39 Å². The lowest BCUT2D eigenvalue weighted by atomic mass is 10.2. The summed E-state index contributed by atoms with van der Waals surface area (Å²) < 4.78 is 44.9. The van der Waals surface area contributed by atoms with Crippen LogP contribution < -0.4 is 10.0 Å². The standard InChI is InChI=1S/C17H14ClFN4O4S/c18-14-7-13(2-3-15(14)19)28(25,26)23-9-11-1-4-16(20-8-11)17(24)21-10-12-5-6-22-27-12/h1-8,23H,9-10H2,(H,21,24). The molecular formula is C17H14ClFN4O4S. The number of pyridine rings is 1. The van der Waals surface area contributed by atoms with E-state index in [1.165, 1.54) is 18.5 Å². The van der Waals surface area contributed by atoms with Crippen molar-refractivity contribution in [1.29, 1.82) is 0 Å². The molecule has 0 spiro atoms. The van der Waals surface area contributed by atoms with Gasteiger partial charge in [0.15, 0.2) is 5.76 Å². The third-order valence-electron chi connectivity index (χ3n) is 3.64. The zero-order valence-corrected chi connectivity index (χ0v) is 15.8. The van der Waals surface area contributed by atoms with E-state index in [1.54, 1.807) is 12.1 Å². The summed E-state index contributed by atoms with van der Waals surface area (Å²) in [5, 5.41) is 5.86. The summed E-state index contributed by atoms with van der Waals surface area (Å²) in [6, 6.07) is 7.77. The molecule has 3 aromatic rings. The van der Waals surface area contributed by atoms with Crippen molar-refractivity contribution in [2.24, 2.45) is 0 Å². The molecule has 2 aromatic heterocycles. The summed E-state index contributed by atoms with van der Waals surface area (Å²) in [6.45, 7) is 0.104. The molecule has 0 aliphatic rings. The van der Waals surface area contributed by atoms with E-state index in [4.69, 9.17) is 16.1 Å². The number of hydrogen-bond acceptors (Lipinski definition) is 6. The van der Waals surface area contributed by atoms with Crippen molar-refractivity contribution in [3.05, 3.63) is 76.6 Å². The van der Waals surface area contributed by atoms with E-state index in [2.05, 4.69) is 20.2 Å². The van der Waals surface area contributed by atoms with Crippen LogP contribution in [0.2, 0.25) is 5.02 Å². The molecule has 0 bridgehead atoms. The molecule has 28 heavy (non-hydrogen) atoms. The van der Waals surface area contributed by atoms with Crippen LogP contribution in [-0.2, 0) is 23.1 Å². The van der Waals surface area contributed by atoms with Gasteiger partial charge in [-0.3, -0.25) is 9.78 Å². The van der Waals surface area contributed by atoms with Crippen LogP contribution in [0.15, 0.2) is 58.2 Å². The fourth-order valence-corrected chi connectivity index (χ4v) is 3.45. The van der Waals surface area contributed by atoms with Gasteiger partial charge in [0.05, 0.1) is 22.7 Å². The van der Waals surface area contributed by atoms with Gasteiger partial charge in [-0.05, 0) is 29.8 Å². The van der Waals surface area contributed by atoms with Crippen molar-refractivity contribution < 1.29 is 22.1 Å². The van der Waals surface area contributed by atoms with Crippen molar-refractivity contribution in [1.82, 2.24) is 20.2 Å². The molecule has 2 heterocycles. The predicted octanol–water partition coefficient (Wildman–Crippen LogP) is 2.27. The predicted molar refractivity (Wildman–Crippen MR) is 97.3 cm³/mol. The summed E-state index contributed by atoms with van der Waals surface area (Å²) in [5.74, 6) is -0.619. The summed E-state index contributed by atoms with van der Waals surface area (Å²) in [6.07, 6.45) is 2.85. The van der Waals surface area contributed by atoms with E-state index in [0.717, 1.165) is 18.2 Å². The summed E-state index contributed by atoms with van der Waals surface area (Å²) in [4.78, 5) is 15.9.